The molecule has 1 heterocycles. The minimum absolute atomic E-state index is 0.413. The summed E-state index contributed by atoms with van der Waals surface area (Å²) in [7, 11) is 1.57. The van der Waals surface area contributed by atoms with Gasteiger partial charge in [0.2, 0.25) is 0 Å². The summed E-state index contributed by atoms with van der Waals surface area (Å²) >= 11 is 0. The minimum atomic E-state index is 0.413. The van der Waals surface area contributed by atoms with Crippen molar-refractivity contribution in [1.82, 2.24) is 9.97 Å². The topological polar surface area (TPSA) is 35.0 Å². The van der Waals surface area contributed by atoms with E-state index in [1.165, 1.54) is 11.1 Å². The number of hydrogen-bond acceptors (Lipinski definition) is 3. The van der Waals surface area contributed by atoms with Gasteiger partial charge in [-0.05, 0) is 25.3 Å². The van der Waals surface area contributed by atoms with E-state index in [9.17, 15) is 0 Å². The Morgan fingerprint density at radius 3 is 2.60 bits per heavy atom. The molecule has 0 atom stereocenters. The van der Waals surface area contributed by atoms with Crippen LogP contribution in [-0.4, -0.2) is 17.1 Å². The van der Waals surface area contributed by atoms with E-state index >= 15 is 0 Å². The molecule has 2 rings (SSSR count). The second-order valence-electron chi connectivity index (χ2n) is 3.65. The predicted octanol–water partition coefficient (Wildman–Crippen LogP) is 2.61. The highest BCUT2D eigenvalue weighted by atomic mass is 16.5. The monoisotopic (exact) mass is 202 g/mol. The maximum Gasteiger partial charge on any atom is 0.316 e. The molecule has 15 heavy (non-hydrogen) atoms. The largest absolute Gasteiger partial charge is 0.467 e. The molecule has 1 aromatic rings. The Hall–Kier alpha value is -1.64. The van der Waals surface area contributed by atoms with Gasteiger partial charge in [-0.3, -0.25) is 0 Å². The Kier molecular flexibility index (Phi) is 2.81. The fraction of sp³-hybridized carbons (Fsp3) is 0.333. The van der Waals surface area contributed by atoms with E-state index in [0.29, 0.717) is 6.01 Å². The lowest BCUT2D eigenvalue weighted by atomic mass is 9.97. The van der Waals surface area contributed by atoms with Crippen LogP contribution in [0.1, 0.15) is 25.3 Å². The molecule has 0 amide bonds. The molecule has 0 saturated carbocycles. The summed E-state index contributed by atoms with van der Waals surface area (Å²) in [6, 6.07) is 0.413. The van der Waals surface area contributed by atoms with Gasteiger partial charge in [0.15, 0.2) is 0 Å². The number of allylic oxidation sites excluding steroid dienone is 4. The lowest BCUT2D eigenvalue weighted by Gasteiger charge is -2.10. The summed E-state index contributed by atoms with van der Waals surface area (Å²) < 4.78 is 4.92. The fourth-order valence-corrected chi connectivity index (χ4v) is 1.62. The number of aromatic nitrogens is 2. The molecule has 0 aromatic carbocycles. The fourth-order valence-electron chi connectivity index (χ4n) is 1.62. The van der Waals surface area contributed by atoms with Crippen molar-refractivity contribution < 1.29 is 4.74 Å². The molecule has 0 unspecified atom stereocenters. The van der Waals surface area contributed by atoms with E-state index in [1.54, 1.807) is 19.5 Å². The number of ether oxygens (including phenoxy) is 1. The van der Waals surface area contributed by atoms with Gasteiger partial charge < -0.3 is 4.74 Å². The Labute approximate surface area is 89.5 Å². The predicted molar refractivity (Wildman–Crippen MR) is 59.6 cm³/mol. The van der Waals surface area contributed by atoms with Crippen LogP contribution in [0.5, 0.6) is 6.01 Å². The second kappa shape index (κ2) is 4.26. The smallest absolute Gasteiger partial charge is 0.316 e. The van der Waals surface area contributed by atoms with Crippen LogP contribution in [-0.2, 0) is 0 Å². The second-order valence-corrected chi connectivity index (χ2v) is 3.65. The average molecular weight is 202 g/mol. The quantitative estimate of drug-likeness (QED) is 0.739. The summed E-state index contributed by atoms with van der Waals surface area (Å²) in [5, 5.41) is 0. The summed E-state index contributed by atoms with van der Waals surface area (Å²) in [5.41, 5.74) is 3.67. The van der Waals surface area contributed by atoms with Gasteiger partial charge in [0, 0.05) is 18.0 Å². The van der Waals surface area contributed by atoms with Crippen LogP contribution in [0.4, 0.5) is 0 Å². The average Bonchev–Trinajstić information content (AvgIpc) is 2.29. The van der Waals surface area contributed by atoms with Gasteiger partial charge >= 0.3 is 6.01 Å². The van der Waals surface area contributed by atoms with Gasteiger partial charge in [-0.25, -0.2) is 9.97 Å². The van der Waals surface area contributed by atoms with Crippen LogP contribution in [0.15, 0.2) is 30.1 Å². The summed E-state index contributed by atoms with van der Waals surface area (Å²) in [6.07, 6.45) is 10.3. The number of methoxy groups -OCH3 is 1. The Bertz CT molecular complexity index is 404. The molecule has 0 N–H and O–H groups in total. The third kappa shape index (κ3) is 2.24. The van der Waals surface area contributed by atoms with E-state index in [0.717, 1.165) is 18.4 Å². The Balaban J connectivity index is 2.26. The third-order valence-corrected chi connectivity index (χ3v) is 2.45. The molecule has 1 aliphatic carbocycles. The van der Waals surface area contributed by atoms with Crippen LogP contribution in [0.3, 0.4) is 0 Å². The summed E-state index contributed by atoms with van der Waals surface area (Å²) in [6.45, 7) is 2.15. The first-order chi connectivity index (χ1) is 7.29. The van der Waals surface area contributed by atoms with Crippen molar-refractivity contribution in [2.45, 2.75) is 19.8 Å². The lowest BCUT2D eigenvalue weighted by Crippen LogP contribution is -1.95. The van der Waals surface area contributed by atoms with Crippen LogP contribution < -0.4 is 4.74 Å². The van der Waals surface area contributed by atoms with Crippen molar-refractivity contribution in [3.63, 3.8) is 0 Å². The van der Waals surface area contributed by atoms with Crippen LogP contribution >= 0.6 is 0 Å². The summed E-state index contributed by atoms with van der Waals surface area (Å²) in [5.74, 6) is 0. The maximum absolute atomic E-state index is 4.92. The molecule has 0 radical (unpaired) electrons. The van der Waals surface area contributed by atoms with Crippen LogP contribution in [0, 0.1) is 0 Å². The van der Waals surface area contributed by atoms with Crippen molar-refractivity contribution in [3.8, 4) is 6.01 Å². The van der Waals surface area contributed by atoms with Gasteiger partial charge in [0.25, 0.3) is 0 Å². The van der Waals surface area contributed by atoms with Gasteiger partial charge in [-0.2, -0.15) is 0 Å². The molecular formula is C12H14N2O. The molecular weight excluding hydrogens is 188 g/mol. The van der Waals surface area contributed by atoms with E-state index in [4.69, 9.17) is 4.74 Å². The van der Waals surface area contributed by atoms with Gasteiger partial charge in [-0.1, -0.05) is 17.7 Å². The zero-order valence-corrected chi connectivity index (χ0v) is 9.03. The number of hydrogen-bond donors (Lipinski definition) is 0. The highest BCUT2D eigenvalue weighted by Crippen LogP contribution is 2.24. The van der Waals surface area contributed by atoms with E-state index in [1.807, 2.05) is 0 Å². The normalized spacial score (nSPS) is 15.6. The van der Waals surface area contributed by atoms with Crippen molar-refractivity contribution in [1.29, 1.82) is 0 Å². The molecule has 0 spiro atoms. The van der Waals surface area contributed by atoms with Crippen LogP contribution in [0.25, 0.3) is 5.57 Å². The van der Waals surface area contributed by atoms with E-state index in [2.05, 4.69) is 29.0 Å². The first kappa shape index (κ1) is 9.90. The zero-order chi connectivity index (χ0) is 10.7. The molecule has 1 aromatic heterocycles. The minimum Gasteiger partial charge on any atom is -0.467 e. The highest BCUT2D eigenvalue weighted by Gasteiger charge is 2.05. The van der Waals surface area contributed by atoms with E-state index < -0.39 is 0 Å². The number of nitrogens with zero attached hydrogens (tertiary/aromatic N) is 2. The Morgan fingerprint density at radius 1 is 1.27 bits per heavy atom. The van der Waals surface area contributed by atoms with Crippen molar-refractivity contribution in [3.05, 3.63) is 35.7 Å². The molecule has 0 saturated heterocycles. The molecule has 3 heteroatoms. The molecule has 78 valence electrons. The molecule has 3 nitrogen and oxygen atoms in total. The van der Waals surface area contributed by atoms with Gasteiger partial charge in [-0.15, -0.1) is 0 Å². The molecule has 0 fully saturated rings. The molecule has 0 bridgehead atoms. The maximum atomic E-state index is 4.92. The van der Waals surface area contributed by atoms with Crippen molar-refractivity contribution in [2.24, 2.45) is 0 Å². The van der Waals surface area contributed by atoms with Crippen molar-refractivity contribution >= 4 is 5.57 Å². The Morgan fingerprint density at radius 2 is 2.00 bits per heavy atom. The lowest BCUT2D eigenvalue weighted by molar-refractivity contribution is 0.379. The number of rotatable bonds is 2. The van der Waals surface area contributed by atoms with Crippen molar-refractivity contribution in [2.75, 3.05) is 7.11 Å². The van der Waals surface area contributed by atoms with Gasteiger partial charge in [0.1, 0.15) is 0 Å². The first-order valence-electron chi connectivity index (χ1n) is 5.03. The third-order valence-electron chi connectivity index (χ3n) is 2.45. The molecule has 1 aliphatic rings. The molecule has 0 aliphatic heterocycles. The summed E-state index contributed by atoms with van der Waals surface area (Å²) in [4.78, 5) is 8.19. The SMILES string of the molecule is COc1ncc(C2=CCCC(C)=C2)cn1. The van der Waals surface area contributed by atoms with Gasteiger partial charge in [0.05, 0.1) is 7.11 Å². The highest BCUT2D eigenvalue weighted by molar-refractivity contribution is 5.74. The first-order valence-corrected chi connectivity index (χ1v) is 5.03. The zero-order valence-electron chi connectivity index (χ0n) is 9.03. The van der Waals surface area contributed by atoms with Crippen LogP contribution in [0.2, 0.25) is 0 Å². The standard InChI is InChI=1S/C12H14N2O/c1-9-4-3-5-10(6-9)11-7-13-12(15-2)14-8-11/h5-8H,3-4H2,1-2H3. The van der Waals surface area contributed by atoms with E-state index in [-0.39, 0.29) is 0 Å².